The molecule has 23 heavy (non-hydrogen) atoms. The van der Waals surface area contributed by atoms with Crippen LogP contribution in [0.4, 0.5) is 0 Å². The van der Waals surface area contributed by atoms with Crippen LogP contribution in [0.1, 0.15) is 17.3 Å². The molecule has 2 rings (SSSR count). The summed E-state index contributed by atoms with van der Waals surface area (Å²) in [5.74, 6) is 0.0668. The standard InChI is InChI=1S/C16H27N3O3S/c1-18(16(20)10-13(11-17)21-2)12-14(15-4-3-9-23-15)19-5-7-22-8-6-19/h3-4,9,13-14H,5-8,10-12,17H2,1-2H3. The van der Waals surface area contributed by atoms with Gasteiger partial charge in [-0.25, -0.2) is 0 Å². The normalized spacial score (nSPS) is 18.6. The molecule has 1 aromatic heterocycles. The smallest absolute Gasteiger partial charge is 0.225 e. The number of nitrogens with zero attached hydrogens (tertiary/aromatic N) is 2. The van der Waals surface area contributed by atoms with E-state index in [0.29, 0.717) is 19.5 Å². The number of hydrogen-bond acceptors (Lipinski definition) is 6. The van der Waals surface area contributed by atoms with Crippen molar-refractivity contribution in [3.05, 3.63) is 22.4 Å². The number of carbonyl (C=O) groups excluding carboxylic acids is 1. The Hall–Kier alpha value is -0.990. The molecule has 1 amide bonds. The Bertz CT molecular complexity index is 459. The van der Waals surface area contributed by atoms with Gasteiger partial charge in [0.2, 0.25) is 5.91 Å². The number of carbonyl (C=O) groups is 1. The number of thiophene rings is 1. The molecule has 7 heteroatoms. The van der Waals surface area contributed by atoms with Crippen molar-refractivity contribution >= 4 is 17.2 Å². The van der Waals surface area contributed by atoms with Gasteiger partial charge in [0.25, 0.3) is 0 Å². The molecule has 0 radical (unpaired) electrons. The van der Waals surface area contributed by atoms with E-state index < -0.39 is 0 Å². The van der Waals surface area contributed by atoms with Gasteiger partial charge in [0.15, 0.2) is 0 Å². The van der Waals surface area contributed by atoms with Crippen molar-refractivity contribution in [1.82, 2.24) is 9.80 Å². The highest BCUT2D eigenvalue weighted by Gasteiger charge is 2.26. The van der Waals surface area contributed by atoms with Crippen LogP contribution in [0.3, 0.4) is 0 Å². The molecule has 0 bridgehead atoms. The van der Waals surface area contributed by atoms with Gasteiger partial charge in [0.1, 0.15) is 0 Å². The summed E-state index contributed by atoms with van der Waals surface area (Å²) in [6.45, 7) is 4.31. The summed E-state index contributed by atoms with van der Waals surface area (Å²) in [4.78, 5) is 17.9. The molecule has 130 valence electrons. The van der Waals surface area contributed by atoms with Gasteiger partial charge in [-0.05, 0) is 11.4 Å². The number of nitrogens with two attached hydrogens (primary N) is 1. The molecule has 0 saturated carbocycles. The first kappa shape index (κ1) is 18.4. The molecular formula is C16H27N3O3S. The zero-order valence-electron chi connectivity index (χ0n) is 13.9. The highest BCUT2D eigenvalue weighted by Crippen LogP contribution is 2.27. The van der Waals surface area contributed by atoms with Gasteiger partial charge in [-0.15, -0.1) is 11.3 Å². The third-order valence-corrected chi connectivity index (χ3v) is 5.20. The summed E-state index contributed by atoms with van der Waals surface area (Å²) < 4.78 is 10.7. The van der Waals surface area contributed by atoms with Crippen LogP contribution in [0.25, 0.3) is 0 Å². The third kappa shape index (κ3) is 5.26. The van der Waals surface area contributed by atoms with E-state index in [4.69, 9.17) is 15.2 Å². The SMILES string of the molecule is COC(CN)CC(=O)N(C)CC(c1cccs1)N1CCOCC1. The van der Waals surface area contributed by atoms with Crippen LogP contribution in [-0.2, 0) is 14.3 Å². The first-order valence-electron chi connectivity index (χ1n) is 7.97. The maximum Gasteiger partial charge on any atom is 0.225 e. The van der Waals surface area contributed by atoms with Crippen molar-refractivity contribution in [2.24, 2.45) is 5.73 Å². The summed E-state index contributed by atoms with van der Waals surface area (Å²) in [6.07, 6.45) is 0.109. The average molecular weight is 341 g/mol. The van der Waals surface area contributed by atoms with Crippen molar-refractivity contribution in [2.45, 2.75) is 18.6 Å². The highest BCUT2D eigenvalue weighted by atomic mass is 32.1. The van der Waals surface area contributed by atoms with Gasteiger partial charge in [0, 0.05) is 45.2 Å². The lowest BCUT2D eigenvalue weighted by Gasteiger charge is -2.36. The second-order valence-corrected chi connectivity index (χ2v) is 6.73. The van der Waals surface area contributed by atoms with Crippen molar-refractivity contribution in [3.63, 3.8) is 0 Å². The summed E-state index contributed by atoms with van der Waals surface area (Å²) in [7, 11) is 3.44. The molecule has 2 unspecified atom stereocenters. The van der Waals surface area contributed by atoms with Gasteiger partial charge in [-0.1, -0.05) is 6.07 Å². The first-order valence-corrected chi connectivity index (χ1v) is 8.85. The Morgan fingerprint density at radius 2 is 2.26 bits per heavy atom. The number of hydrogen-bond donors (Lipinski definition) is 1. The predicted octanol–water partition coefficient (Wildman–Crippen LogP) is 0.944. The van der Waals surface area contributed by atoms with E-state index in [0.717, 1.165) is 26.3 Å². The van der Waals surface area contributed by atoms with Crippen molar-refractivity contribution < 1.29 is 14.3 Å². The summed E-state index contributed by atoms with van der Waals surface area (Å²) >= 11 is 1.74. The molecular weight excluding hydrogens is 314 g/mol. The van der Waals surface area contributed by atoms with Crippen LogP contribution in [0, 0.1) is 0 Å². The van der Waals surface area contributed by atoms with E-state index in [1.54, 1.807) is 23.3 Å². The molecule has 1 aromatic rings. The molecule has 2 atom stereocenters. The Labute approximate surface area is 142 Å². The molecule has 1 aliphatic heterocycles. The first-order chi connectivity index (χ1) is 11.2. The van der Waals surface area contributed by atoms with E-state index in [-0.39, 0.29) is 18.1 Å². The lowest BCUT2D eigenvalue weighted by molar-refractivity contribution is -0.133. The minimum absolute atomic E-state index is 0.0668. The quantitative estimate of drug-likeness (QED) is 0.762. The zero-order chi connectivity index (χ0) is 16.7. The minimum atomic E-state index is -0.214. The Morgan fingerprint density at radius 3 is 2.83 bits per heavy atom. The maximum atomic E-state index is 12.4. The fourth-order valence-corrected chi connectivity index (χ4v) is 3.58. The lowest BCUT2D eigenvalue weighted by Crippen LogP contribution is -2.44. The second kappa shape index (κ2) is 9.34. The van der Waals surface area contributed by atoms with Crippen LogP contribution < -0.4 is 5.73 Å². The largest absolute Gasteiger partial charge is 0.380 e. The Kier molecular flexibility index (Phi) is 7.45. The van der Waals surface area contributed by atoms with Gasteiger partial charge in [-0.3, -0.25) is 9.69 Å². The number of ether oxygens (including phenoxy) is 2. The van der Waals surface area contributed by atoms with E-state index in [1.807, 2.05) is 7.05 Å². The maximum absolute atomic E-state index is 12.4. The molecule has 6 nitrogen and oxygen atoms in total. The Balaban J connectivity index is 2.00. The zero-order valence-corrected chi connectivity index (χ0v) is 14.8. The summed E-state index contributed by atoms with van der Waals surface area (Å²) in [5, 5.41) is 2.08. The molecule has 1 aliphatic rings. The molecule has 2 N–H and O–H groups in total. The van der Waals surface area contributed by atoms with Gasteiger partial charge in [0.05, 0.1) is 31.8 Å². The molecule has 0 spiro atoms. The number of amides is 1. The van der Waals surface area contributed by atoms with Crippen LogP contribution >= 0.6 is 11.3 Å². The van der Waals surface area contributed by atoms with E-state index >= 15 is 0 Å². The van der Waals surface area contributed by atoms with Crippen molar-refractivity contribution in [1.29, 1.82) is 0 Å². The Morgan fingerprint density at radius 1 is 1.52 bits per heavy atom. The van der Waals surface area contributed by atoms with Crippen LogP contribution in [0.15, 0.2) is 17.5 Å². The van der Waals surface area contributed by atoms with Crippen LogP contribution in [-0.4, -0.2) is 75.4 Å². The second-order valence-electron chi connectivity index (χ2n) is 5.75. The topological polar surface area (TPSA) is 68.0 Å². The number of morpholine rings is 1. The lowest BCUT2D eigenvalue weighted by atomic mass is 10.1. The third-order valence-electron chi connectivity index (χ3n) is 4.23. The van der Waals surface area contributed by atoms with Gasteiger partial charge in [-0.2, -0.15) is 0 Å². The van der Waals surface area contributed by atoms with Gasteiger partial charge >= 0.3 is 0 Å². The number of rotatable bonds is 8. The molecule has 0 aliphatic carbocycles. The molecule has 1 fully saturated rings. The number of methoxy groups -OCH3 is 1. The summed E-state index contributed by atoms with van der Waals surface area (Å²) in [6, 6.07) is 4.41. The average Bonchev–Trinajstić information content (AvgIpc) is 3.12. The fraction of sp³-hybridized carbons (Fsp3) is 0.688. The predicted molar refractivity (Wildman–Crippen MR) is 91.6 cm³/mol. The van der Waals surface area contributed by atoms with E-state index in [9.17, 15) is 4.79 Å². The van der Waals surface area contributed by atoms with Crippen LogP contribution in [0.5, 0.6) is 0 Å². The van der Waals surface area contributed by atoms with Crippen molar-refractivity contribution in [3.8, 4) is 0 Å². The highest BCUT2D eigenvalue weighted by molar-refractivity contribution is 7.10. The van der Waals surface area contributed by atoms with Crippen LogP contribution in [0.2, 0.25) is 0 Å². The minimum Gasteiger partial charge on any atom is -0.380 e. The van der Waals surface area contributed by atoms with E-state index in [1.165, 1.54) is 4.88 Å². The van der Waals surface area contributed by atoms with Crippen molar-refractivity contribution in [2.75, 3.05) is 53.6 Å². The van der Waals surface area contributed by atoms with Gasteiger partial charge < -0.3 is 20.1 Å². The fourth-order valence-electron chi connectivity index (χ4n) is 2.73. The molecule has 2 heterocycles. The number of likely N-dealkylation sites (N-methyl/N-ethyl adjacent to an activating group) is 1. The molecule has 0 aromatic carbocycles. The monoisotopic (exact) mass is 341 g/mol. The van der Waals surface area contributed by atoms with E-state index in [2.05, 4.69) is 22.4 Å². The molecule has 1 saturated heterocycles. The summed E-state index contributed by atoms with van der Waals surface area (Å²) in [5.41, 5.74) is 5.61.